The summed E-state index contributed by atoms with van der Waals surface area (Å²) >= 11 is 0. The molecule has 2 saturated carbocycles. The molecule has 4 atom stereocenters. The first-order valence-electron chi connectivity index (χ1n) is 19.1. The van der Waals surface area contributed by atoms with Gasteiger partial charge in [0.1, 0.15) is 41.4 Å². The second kappa shape index (κ2) is 12.8. The van der Waals surface area contributed by atoms with E-state index < -0.39 is 109 Å². The lowest BCUT2D eigenvalue weighted by atomic mass is 9.65. The molecule has 6 heterocycles. The van der Waals surface area contributed by atoms with E-state index in [1.54, 1.807) is 6.92 Å². The van der Waals surface area contributed by atoms with Crippen LogP contribution in [0.25, 0.3) is 32.9 Å². The number of aromatic nitrogens is 3. The number of phenols is 1. The highest BCUT2D eigenvalue weighted by Crippen LogP contribution is 2.79. The highest BCUT2D eigenvalue weighted by molar-refractivity contribution is 6.03. The summed E-state index contributed by atoms with van der Waals surface area (Å²) in [6.07, 6.45) is -4.12. The van der Waals surface area contributed by atoms with Crippen molar-refractivity contribution in [3.63, 3.8) is 0 Å². The second-order valence-corrected chi connectivity index (χ2v) is 17.1. The molecule has 2 unspecified atom stereocenters. The number of ketones is 1. The van der Waals surface area contributed by atoms with Crippen LogP contribution in [0.1, 0.15) is 63.1 Å². The van der Waals surface area contributed by atoms with Gasteiger partial charge in [0.25, 0.3) is 0 Å². The molecule has 4 aromatic rings. The number of ether oxygens (including phenoxy) is 1. The standard InChI is InChI=1S/C41H36F9N5O3/c1-3-25-27(43)6-5-22-9-24(56)10-26(28(22)25)31-30(44)32-29(33(51-31)40(45,46)47)34(53-36(52-32)58-19-38-7-4-8-55(38)17-23(42)14-38)54-15-20(2)11-39(35(57)41(48,49)50)18-37(39)12-21(13-37)16-54/h1,5-6,9-10,20-21,23,56H,4,7-8,11-19H2,2H3/t20?,21?,23-,37?,38+,39?/m0/s1. The topological polar surface area (TPSA) is 91.7 Å². The predicted octanol–water partition coefficient (Wildman–Crippen LogP) is 8.55. The van der Waals surface area contributed by atoms with Crippen molar-refractivity contribution in [2.24, 2.45) is 22.7 Å². The molecule has 6 fully saturated rings. The molecule has 1 N–H and O–H groups in total. The summed E-state index contributed by atoms with van der Waals surface area (Å²) < 4.78 is 141. The van der Waals surface area contributed by atoms with E-state index >= 15 is 22.0 Å². The predicted molar refractivity (Wildman–Crippen MR) is 193 cm³/mol. The highest BCUT2D eigenvalue weighted by Gasteiger charge is 2.78. The van der Waals surface area contributed by atoms with Crippen molar-refractivity contribution >= 4 is 33.3 Å². The molecule has 10 rings (SSSR count). The molecule has 2 aromatic carbocycles. The molecular weight excluding hydrogens is 781 g/mol. The fraction of sp³-hybridized carbons (Fsp3) is 0.512. The molecule has 1 spiro atoms. The van der Waals surface area contributed by atoms with Crippen molar-refractivity contribution in [1.29, 1.82) is 0 Å². The number of hydrogen-bond acceptors (Lipinski definition) is 8. The van der Waals surface area contributed by atoms with Gasteiger partial charge < -0.3 is 14.7 Å². The summed E-state index contributed by atoms with van der Waals surface area (Å²) in [5.74, 6) is -3.94. The lowest BCUT2D eigenvalue weighted by molar-refractivity contribution is -0.180. The van der Waals surface area contributed by atoms with Gasteiger partial charge in [0, 0.05) is 42.4 Å². The summed E-state index contributed by atoms with van der Waals surface area (Å²) in [6, 6.07) is 3.78. The SMILES string of the molecule is C#Cc1c(F)ccc2cc(O)cc(-c3nc(C(F)(F)F)c4c(N5CC(C)CC6(C(=O)C(F)(F)F)CC67CC(C5)C7)nc(OC[C@]56CCCN5C[C@@H](F)C6)nc4c3F)c12. The van der Waals surface area contributed by atoms with Crippen LogP contribution in [0.5, 0.6) is 11.8 Å². The van der Waals surface area contributed by atoms with Gasteiger partial charge in [-0.15, -0.1) is 6.42 Å². The molecule has 8 nitrogen and oxygen atoms in total. The zero-order valence-corrected chi connectivity index (χ0v) is 31.0. The van der Waals surface area contributed by atoms with E-state index in [1.165, 1.54) is 17.0 Å². The van der Waals surface area contributed by atoms with Crippen molar-refractivity contribution in [1.82, 2.24) is 19.9 Å². The van der Waals surface area contributed by atoms with Crippen LogP contribution in [0.15, 0.2) is 24.3 Å². The Hall–Kier alpha value is -4.85. The third-order valence-electron chi connectivity index (χ3n) is 13.3. The Kier molecular flexibility index (Phi) is 8.55. The smallest absolute Gasteiger partial charge is 0.450 e. The highest BCUT2D eigenvalue weighted by atomic mass is 19.4. The summed E-state index contributed by atoms with van der Waals surface area (Å²) in [5.41, 5.74) is -7.60. The Morgan fingerprint density at radius 1 is 1.02 bits per heavy atom. The average molecular weight is 818 g/mol. The number of hydrogen-bond donors (Lipinski definition) is 1. The van der Waals surface area contributed by atoms with E-state index in [9.17, 15) is 27.5 Å². The van der Waals surface area contributed by atoms with E-state index in [-0.39, 0.29) is 75.0 Å². The fourth-order valence-electron chi connectivity index (χ4n) is 11.0. The molecule has 6 aliphatic rings. The average Bonchev–Trinajstić information content (AvgIpc) is 3.41. The third kappa shape index (κ3) is 5.86. The molecule has 4 aliphatic heterocycles. The van der Waals surface area contributed by atoms with Crippen LogP contribution in [-0.2, 0) is 11.0 Å². The third-order valence-corrected chi connectivity index (χ3v) is 13.3. The number of phenolic OH excluding ortho intramolecular Hbond substituents is 1. The van der Waals surface area contributed by atoms with Gasteiger partial charge in [0.2, 0.25) is 5.78 Å². The minimum absolute atomic E-state index is 0.0118. The summed E-state index contributed by atoms with van der Waals surface area (Å²) in [6.45, 7) is 2.04. The molecule has 2 aliphatic carbocycles. The zero-order chi connectivity index (χ0) is 41.3. The molecule has 58 heavy (non-hydrogen) atoms. The maximum absolute atomic E-state index is 17.3. The van der Waals surface area contributed by atoms with Crippen molar-refractivity contribution < 1.29 is 54.2 Å². The lowest BCUT2D eigenvalue weighted by Gasteiger charge is -2.41. The van der Waals surface area contributed by atoms with E-state index in [4.69, 9.17) is 11.2 Å². The molecular formula is C41H36F9N5O3. The van der Waals surface area contributed by atoms with E-state index in [1.807, 2.05) is 4.90 Å². The number of carbonyl (C=O) groups excluding carboxylic acids is 1. The largest absolute Gasteiger partial charge is 0.508 e. The van der Waals surface area contributed by atoms with Crippen LogP contribution in [-0.4, -0.2) is 81.4 Å². The van der Waals surface area contributed by atoms with Crippen LogP contribution in [0, 0.1) is 46.6 Å². The van der Waals surface area contributed by atoms with Crippen LogP contribution >= 0.6 is 0 Å². The van der Waals surface area contributed by atoms with Crippen molar-refractivity contribution in [2.75, 3.05) is 37.7 Å². The summed E-state index contributed by atoms with van der Waals surface area (Å²) in [4.78, 5) is 28.7. The van der Waals surface area contributed by atoms with Crippen LogP contribution in [0.4, 0.5) is 45.3 Å². The maximum Gasteiger partial charge on any atom is 0.450 e. The number of aromatic hydroxyl groups is 1. The molecule has 2 aromatic heterocycles. The first-order chi connectivity index (χ1) is 27.3. The van der Waals surface area contributed by atoms with Crippen LogP contribution in [0.3, 0.4) is 0 Å². The fourth-order valence-corrected chi connectivity index (χ4v) is 11.0. The molecule has 2 bridgehead atoms. The van der Waals surface area contributed by atoms with Gasteiger partial charge in [-0.3, -0.25) is 9.69 Å². The van der Waals surface area contributed by atoms with Gasteiger partial charge in [0.15, 0.2) is 11.5 Å². The summed E-state index contributed by atoms with van der Waals surface area (Å²) in [7, 11) is 0. The normalized spacial score (nSPS) is 29.6. The molecule has 0 radical (unpaired) electrons. The Morgan fingerprint density at radius 2 is 1.78 bits per heavy atom. The van der Waals surface area contributed by atoms with E-state index in [2.05, 4.69) is 20.9 Å². The van der Waals surface area contributed by atoms with Crippen molar-refractivity contribution in [2.45, 2.75) is 75.9 Å². The number of fused-ring (bicyclic) bond motifs is 7. The van der Waals surface area contributed by atoms with Gasteiger partial charge in [-0.25, -0.2) is 18.2 Å². The number of anilines is 1. The van der Waals surface area contributed by atoms with Crippen LogP contribution in [0.2, 0.25) is 0 Å². The van der Waals surface area contributed by atoms with Crippen LogP contribution < -0.4 is 9.64 Å². The Labute approximate surface area is 325 Å². The van der Waals surface area contributed by atoms with E-state index in [0.29, 0.717) is 13.0 Å². The number of carbonyl (C=O) groups is 1. The van der Waals surface area contributed by atoms with Gasteiger partial charge >= 0.3 is 18.4 Å². The number of Topliss-reactive ketones (excluding diaryl/α,β-unsaturated/α-hetero) is 1. The number of benzene rings is 2. The molecule has 4 saturated heterocycles. The molecule has 306 valence electrons. The number of rotatable bonds is 6. The van der Waals surface area contributed by atoms with Crippen molar-refractivity contribution in [3.05, 3.63) is 47.2 Å². The second-order valence-electron chi connectivity index (χ2n) is 17.1. The monoisotopic (exact) mass is 817 g/mol. The number of terminal acetylenes is 1. The lowest BCUT2D eigenvalue weighted by Crippen LogP contribution is -2.43. The van der Waals surface area contributed by atoms with Gasteiger partial charge in [0.05, 0.1) is 16.5 Å². The number of nitrogens with zero attached hydrogens (tertiary/aromatic N) is 5. The Balaban J connectivity index is 1.24. The minimum Gasteiger partial charge on any atom is -0.508 e. The first-order valence-corrected chi connectivity index (χ1v) is 19.1. The van der Waals surface area contributed by atoms with Gasteiger partial charge in [-0.05, 0) is 85.9 Å². The van der Waals surface area contributed by atoms with Crippen molar-refractivity contribution in [3.8, 4) is 35.4 Å². The van der Waals surface area contributed by atoms with Gasteiger partial charge in [-0.2, -0.15) is 36.3 Å². The van der Waals surface area contributed by atoms with E-state index in [0.717, 1.165) is 18.6 Å². The maximum atomic E-state index is 17.3. The zero-order valence-electron chi connectivity index (χ0n) is 31.0. The minimum atomic E-state index is -5.30. The molecule has 0 amide bonds. The molecule has 17 heteroatoms. The number of pyridine rings is 1. The number of halogens is 9. The Bertz CT molecular complexity index is 2450. The first kappa shape index (κ1) is 38.7. The quantitative estimate of drug-likeness (QED) is 0.153. The van der Waals surface area contributed by atoms with Gasteiger partial charge in [-0.1, -0.05) is 18.9 Å². The Morgan fingerprint density at radius 3 is 2.48 bits per heavy atom. The number of alkyl halides is 7. The summed E-state index contributed by atoms with van der Waals surface area (Å²) in [5, 5.41) is 9.66.